The molecule has 0 bridgehead atoms. The third-order valence-electron chi connectivity index (χ3n) is 6.12. The lowest BCUT2D eigenvalue weighted by atomic mass is 10.1. The highest BCUT2D eigenvalue weighted by molar-refractivity contribution is 7.91. The molecule has 190 valence electrons. The molecule has 0 amide bonds. The maximum absolute atomic E-state index is 12.6. The molecular weight excluding hydrogens is 460 g/mol. The summed E-state index contributed by atoms with van der Waals surface area (Å²) in [6.07, 6.45) is 16.3. The zero-order chi connectivity index (χ0) is 23.9. The molecule has 0 atom stereocenters. The van der Waals surface area contributed by atoms with Crippen molar-refractivity contribution in [3.8, 4) is 0 Å². The van der Waals surface area contributed by atoms with Gasteiger partial charge >= 0.3 is 5.97 Å². The summed E-state index contributed by atoms with van der Waals surface area (Å²) in [5, 5.41) is 10.7. The van der Waals surface area contributed by atoms with Crippen LogP contribution in [0.2, 0.25) is 0 Å². The summed E-state index contributed by atoms with van der Waals surface area (Å²) in [6.45, 7) is 2.71. The number of nitrogens with one attached hydrogen (secondary N) is 1. The van der Waals surface area contributed by atoms with Crippen molar-refractivity contribution in [2.75, 3.05) is 13.2 Å². The highest BCUT2D eigenvalue weighted by atomic mass is 32.2. The normalized spacial score (nSPS) is 15.0. The highest BCUT2D eigenvalue weighted by Gasteiger charge is 2.25. The van der Waals surface area contributed by atoms with Crippen molar-refractivity contribution < 1.29 is 23.2 Å². The predicted molar refractivity (Wildman–Crippen MR) is 133 cm³/mol. The summed E-state index contributed by atoms with van der Waals surface area (Å²) in [5.41, 5.74) is 0. The van der Waals surface area contributed by atoms with Gasteiger partial charge in [-0.25, -0.2) is 17.9 Å². The number of hydroxylamine groups is 2. The number of unbranched alkanes of at least 4 members (excludes halogenated alkanes) is 9. The third-order valence-corrected chi connectivity index (χ3v) is 9.14. The smallest absolute Gasteiger partial charge is 0.331 e. The van der Waals surface area contributed by atoms with Crippen LogP contribution < -0.4 is 4.72 Å². The van der Waals surface area contributed by atoms with Gasteiger partial charge in [-0.05, 0) is 31.4 Å². The van der Waals surface area contributed by atoms with Gasteiger partial charge in [0.05, 0.1) is 6.54 Å². The standard InChI is InChI=1S/C24H42N2O5S2/c1-2-3-4-5-6-7-8-9-10-13-18-25-33(29,30)24-17-16-22(32-24)19-26(31-20-23(27)28)21-14-11-12-15-21/h16-17,21,25H,2-15,18-20H2,1H3,(H,27,28). The van der Waals surface area contributed by atoms with Crippen molar-refractivity contribution in [2.45, 2.75) is 114 Å². The molecule has 1 aromatic heterocycles. The average Bonchev–Trinajstić information content (AvgIpc) is 3.47. The van der Waals surface area contributed by atoms with Gasteiger partial charge in [0.15, 0.2) is 6.61 Å². The molecule has 0 spiro atoms. The van der Waals surface area contributed by atoms with Gasteiger partial charge in [0.1, 0.15) is 4.21 Å². The van der Waals surface area contributed by atoms with E-state index in [0.29, 0.717) is 17.3 Å². The minimum Gasteiger partial charge on any atom is -0.479 e. The number of carbonyl (C=O) groups is 1. The molecule has 0 radical (unpaired) electrons. The van der Waals surface area contributed by atoms with E-state index in [1.165, 1.54) is 56.3 Å². The van der Waals surface area contributed by atoms with Crippen molar-refractivity contribution in [1.82, 2.24) is 9.79 Å². The van der Waals surface area contributed by atoms with Gasteiger partial charge < -0.3 is 5.11 Å². The van der Waals surface area contributed by atoms with Gasteiger partial charge in [-0.3, -0.25) is 4.84 Å². The molecule has 1 heterocycles. The van der Waals surface area contributed by atoms with Gasteiger partial charge in [0, 0.05) is 17.5 Å². The minimum absolute atomic E-state index is 0.181. The molecule has 33 heavy (non-hydrogen) atoms. The Balaban J connectivity index is 1.70. The number of nitrogens with zero attached hydrogens (tertiary/aromatic N) is 1. The van der Waals surface area contributed by atoms with Crippen LogP contribution in [0.4, 0.5) is 0 Å². The summed E-state index contributed by atoms with van der Waals surface area (Å²) in [5.74, 6) is -1.01. The summed E-state index contributed by atoms with van der Waals surface area (Å²) in [6, 6.07) is 3.61. The van der Waals surface area contributed by atoms with Crippen molar-refractivity contribution in [3.63, 3.8) is 0 Å². The highest BCUT2D eigenvalue weighted by Crippen LogP contribution is 2.28. The number of aliphatic carboxylic acids is 1. The molecule has 2 rings (SSSR count). The molecule has 7 nitrogen and oxygen atoms in total. The largest absolute Gasteiger partial charge is 0.479 e. The van der Waals surface area contributed by atoms with Crippen LogP contribution in [0.25, 0.3) is 0 Å². The van der Waals surface area contributed by atoms with E-state index in [-0.39, 0.29) is 12.6 Å². The van der Waals surface area contributed by atoms with E-state index in [1.54, 1.807) is 17.2 Å². The Hall–Kier alpha value is -1.00. The summed E-state index contributed by atoms with van der Waals surface area (Å²) in [7, 11) is -3.52. The molecule has 0 aromatic carbocycles. The summed E-state index contributed by atoms with van der Waals surface area (Å²) < 4.78 is 28.3. The molecule has 9 heteroatoms. The third kappa shape index (κ3) is 11.3. The SMILES string of the molecule is CCCCCCCCCCCCNS(=O)(=O)c1ccc(CN(OCC(=O)O)C2CCCC2)s1. The van der Waals surface area contributed by atoms with E-state index >= 15 is 0 Å². The van der Waals surface area contributed by atoms with E-state index in [9.17, 15) is 13.2 Å². The Morgan fingerprint density at radius 3 is 2.27 bits per heavy atom. The first-order chi connectivity index (χ1) is 15.9. The van der Waals surface area contributed by atoms with Gasteiger partial charge in [0.25, 0.3) is 0 Å². The van der Waals surface area contributed by atoms with Crippen LogP contribution in [0.3, 0.4) is 0 Å². The van der Waals surface area contributed by atoms with E-state index < -0.39 is 16.0 Å². The lowest BCUT2D eigenvalue weighted by Crippen LogP contribution is -2.34. The summed E-state index contributed by atoms with van der Waals surface area (Å²) in [4.78, 5) is 17.3. The number of hydrogen-bond acceptors (Lipinski definition) is 6. The predicted octanol–water partition coefficient (Wildman–Crippen LogP) is 5.71. The fourth-order valence-corrected chi connectivity index (χ4v) is 6.70. The molecule has 2 N–H and O–H groups in total. The van der Waals surface area contributed by atoms with E-state index in [0.717, 1.165) is 49.8 Å². The Morgan fingerprint density at radius 2 is 1.67 bits per heavy atom. The molecule has 1 fully saturated rings. The Morgan fingerprint density at radius 1 is 1.06 bits per heavy atom. The van der Waals surface area contributed by atoms with E-state index in [2.05, 4.69) is 11.6 Å². The Bertz CT molecular complexity index is 776. The minimum atomic E-state index is -3.52. The molecule has 1 saturated carbocycles. The number of sulfonamides is 1. The van der Waals surface area contributed by atoms with Crippen LogP contribution in [-0.2, 0) is 26.2 Å². The van der Waals surface area contributed by atoms with Gasteiger partial charge in [-0.1, -0.05) is 77.6 Å². The molecule has 1 aliphatic rings. The number of rotatable bonds is 19. The lowest BCUT2D eigenvalue weighted by Gasteiger charge is -2.26. The second-order valence-corrected chi connectivity index (χ2v) is 12.1. The topological polar surface area (TPSA) is 95.9 Å². The van der Waals surface area contributed by atoms with Crippen LogP contribution in [0, 0.1) is 0 Å². The van der Waals surface area contributed by atoms with Crippen LogP contribution in [-0.4, -0.2) is 43.8 Å². The molecule has 1 aliphatic carbocycles. The first-order valence-electron chi connectivity index (χ1n) is 12.6. The van der Waals surface area contributed by atoms with Crippen LogP contribution in [0.5, 0.6) is 0 Å². The Kier molecular flexibility index (Phi) is 13.5. The van der Waals surface area contributed by atoms with Gasteiger partial charge in [-0.2, -0.15) is 5.06 Å². The molecular formula is C24H42N2O5S2. The van der Waals surface area contributed by atoms with Crippen molar-refractivity contribution in [3.05, 3.63) is 17.0 Å². The quantitative estimate of drug-likeness (QED) is 0.186. The number of carboxylic acids is 1. The maximum Gasteiger partial charge on any atom is 0.331 e. The fourth-order valence-electron chi connectivity index (χ4n) is 4.24. The summed E-state index contributed by atoms with van der Waals surface area (Å²) >= 11 is 1.22. The number of carboxylic acid groups (broad SMARTS) is 1. The Labute approximate surface area is 203 Å². The molecule has 0 aliphatic heterocycles. The van der Waals surface area contributed by atoms with E-state index in [1.807, 2.05) is 0 Å². The van der Waals surface area contributed by atoms with Crippen molar-refractivity contribution >= 4 is 27.3 Å². The second kappa shape index (κ2) is 15.8. The zero-order valence-corrected chi connectivity index (χ0v) is 21.7. The number of hydrogen-bond donors (Lipinski definition) is 2. The average molecular weight is 503 g/mol. The van der Waals surface area contributed by atoms with Crippen molar-refractivity contribution in [1.29, 1.82) is 0 Å². The van der Waals surface area contributed by atoms with Gasteiger partial charge in [0.2, 0.25) is 10.0 Å². The van der Waals surface area contributed by atoms with Crippen molar-refractivity contribution in [2.24, 2.45) is 0 Å². The fraction of sp³-hybridized carbons (Fsp3) is 0.792. The molecule has 0 unspecified atom stereocenters. The van der Waals surface area contributed by atoms with Crippen LogP contribution in [0.15, 0.2) is 16.3 Å². The number of thiophene rings is 1. The zero-order valence-electron chi connectivity index (χ0n) is 20.1. The lowest BCUT2D eigenvalue weighted by molar-refractivity contribution is -0.202. The van der Waals surface area contributed by atoms with Crippen LogP contribution >= 0.6 is 11.3 Å². The maximum atomic E-state index is 12.6. The van der Waals surface area contributed by atoms with Crippen LogP contribution in [0.1, 0.15) is 102 Å². The van der Waals surface area contributed by atoms with E-state index in [4.69, 9.17) is 9.94 Å². The first kappa shape index (κ1) is 28.2. The molecule has 1 aromatic rings. The first-order valence-corrected chi connectivity index (χ1v) is 14.9. The van der Waals surface area contributed by atoms with Gasteiger partial charge in [-0.15, -0.1) is 11.3 Å². The monoisotopic (exact) mass is 502 g/mol. The molecule has 0 saturated heterocycles. The second-order valence-electron chi connectivity index (χ2n) is 8.98.